The van der Waals surface area contributed by atoms with Gasteiger partial charge in [0.05, 0.1) is 24.7 Å². The standard InChI is InChI=1S/C18H25ClN2O3/c19-16-11-14(4-5-17(16)22)12-18(23)21-6-2-1-3-15(21)13-20-7-9-24-10-8-20/h4-5,11,15,22H,1-3,6-10,12-13H2/t15-/m1/s1. The third-order valence-corrected chi connectivity index (χ3v) is 5.19. The summed E-state index contributed by atoms with van der Waals surface area (Å²) in [7, 11) is 0. The maximum absolute atomic E-state index is 12.8. The summed E-state index contributed by atoms with van der Waals surface area (Å²) in [4.78, 5) is 17.2. The van der Waals surface area contributed by atoms with Crippen LogP contribution in [0.25, 0.3) is 0 Å². The van der Waals surface area contributed by atoms with Crippen LogP contribution >= 0.6 is 11.6 Å². The van der Waals surface area contributed by atoms with Crippen molar-refractivity contribution >= 4 is 17.5 Å². The van der Waals surface area contributed by atoms with Crippen LogP contribution < -0.4 is 0 Å². The number of rotatable bonds is 4. The number of carbonyl (C=O) groups excluding carboxylic acids is 1. The summed E-state index contributed by atoms with van der Waals surface area (Å²) in [5, 5.41) is 9.80. The molecule has 5 nitrogen and oxygen atoms in total. The van der Waals surface area contributed by atoms with Gasteiger partial charge in [0.2, 0.25) is 5.91 Å². The number of nitrogens with zero attached hydrogens (tertiary/aromatic N) is 2. The number of aromatic hydroxyl groups is 1. The zero-order chi connectivity index (χ0) is 16.9. The van der Waals surface area contributed by atoms with E-state index in [1.165, 1.54) is 6.42 Å². The first-order chi connectivity index (χ1) is 11.6. The molecule has 1 N–H and O–H groups in total. The summed E-state index contributed by atoms with van der Waals surface area (Å²) in [5.41, 5.74) is 0.846. The van der Waals surface area contributed by atoms with Crippen LogP contribution in [0.2, 0.25) is 5.02 Å². The molecule has 24 heavy (non-hydrogen) atoms. The quantitative estimate of drug-likeness (QED) is 0.903. The van der Waals surface area contributed by atoms with Crippen molar-refractivity contribution in [1.29, 1.82) is 0 Å². The lowest BCUT2D eigenvalue weighted by Crippen LogP contribution is -2.51. The number of phenols is 1. The van der Waals surface area contributed by atoms with Gasteiger partial charge in [-0.25, -0.2) is 0 Å². The number of carbonyl (C=O) groups is 1. The normalized spacial score (nSPS) is 22.5. The molecule has 6 heteroatoms. The second-order valence-corrected chi connectivity index (χ2v) is 7.02. The number of hydrogen-bond donors (Lipinski definition) is 1. The first-order valence-electron chi connectivity index (χ1n) is 8.70. The fraction of sp³-hybridized carbons (Fsp3) is 0.611. The highest BCUT2D eigenvalue weighted by molar-refractivity contribution is 6.32. The Kier molecular flexibility index (Phi) is 5.98. The second-order valence-electron chi connectivity index (χ2n) is 6.61. The van der Waals surface area contributed by atoms with E-state index in [1.807, 2.05) is 4.90 Å². The fourth-order valence-corrected chi connectivity index (χ4v) is 3.74. The van der Waals surface area contributed by atoms with E-state index in [2.05, 4.69) is 4.90 Å². The molecule has 0 unspecified atom stereocenters. The van der Waals surface area contributed by atoms with Gasteiger partial charge in [-0.1, -0.05) is 17.7 Å². The van der Waals surface area contributed by atoms with Gasteiger partial charge >= 0.3 is 0 Å². The van der Waals surface area contributed by atoms with Crippen molar-refractivity contribution in [1.82, 2.24) is 9.80 Å². The van der Waals surface area contributed by atoms with Gasteiger partial charge in [0.1, 0.15) is 5.75 Å². The molecule has 132 valence electrons. The Labute approximate surface area is 148 Å². The maximum atomic E-state index is 12.8. The molecule has 2 aliphatic rings. The van der Waals surface area contributed by atoms with Gasteiger partial charge in [0, 0.05) is 32.2 Å². The van der Waals surface area contributed by atoms with Gasteiger partial charge in [0.25, 0.3) is 0 Å². The number of hydrogen-bond acceptors (Lipinski definition) is 4. The maximum Gasteiger partial charge on any atom is 0.227 e. The largest absolute Gasteiger partial charge is 0.506 e. The Morgan fingerprint density at radius 1 is 1.25 bits per heavy atom. The molecular formula is C18H25ClN2O3. The number of likely N-dealkylation sites (tertiary alicyclic amines) is 1. The van der Waals surface area contributed by atoms with Gasteiger partial charge in [-0.05, 0) is 37.0 Å². The molecule has 3 rings (SSSR count). The van der Waals surface area contributed by atoms with Crippen LogP contribution in [0, 0.1) is 0 Å². The number of amides is 1. The zero-order valence-corrected chi connectivity index (χ0v) is 14.7. The van der Waals surface area contributed by atoms with Crippen LogP contribution in [0.3, 0.4) is 0 Å². The first-order valence-corrected chi connectivity index (χ1v) is 9.08. The third kappa shape index (κ3) is 4.41. The van der Waals surface area contributed by atoms with Crippen molar-refractivity contribution in [2.75, 3.05) is 39.4 Å². The Morgan fingerprint density at radius 2 is 2.04 bits per heavy atom. The molecule has 1 amide bonds. The Bertz CT molecular complexity index is 575. The fourth-order valence-electron chi connectivity index (χ4n) is 3.54. The first kappa shape index (κ1) is 17.5. The second kappa shape index (κ2) is 8.19. The van der Waals surface area contributed by atoms with E-state index in [4.69, 9.17) is 16.3 Å². The topological polar surface area (TPSA) is 53.0 Å². The molecule has 0 radical (unpaired) electrons. The minimum atomic E-state index is 0.0519. The smallest absolute Gasteiger partial charge is 0.227 e. The minimum absolute atomic E-state index is 0.0519. The number of benzene rings is 1. The summed E-state index contributed by atoms with van der Waals surface area (Å²) < 4.78 is 5.41. The summed E-state index contributed by atoms with van der Waals surface area (Å²) >= 11 is 5.95. The predicted molar refractivity (Wildman–Crippen MR) is 93.4 cm³/mol. The lowest BCUT2D eigenvalue weighted by Gasteiger charge is -2.39. The lowest BCUT2D eigenvalue weighted by atomic mass is 10.00. The molecule has 2 aliphatic heterocycles. The summed E-state index contributed by atoms with van der Waals surface area (Å²) in [6, 6.07) is 5.28. The van der Waals surface area contributed by atoms with Gasteiger partial charge in [-0.3, -0.25) is 9.69 Å². The highest BCUT2D eigenvalue weighted by Crippen LogP contribution is 2.25. The molecule has 1 aromatic carbocycles. The van der Waals surface area contributed by atoms with Crippen LogP contribution in [0.1, 0.15) is 24.8 Å². The Hall–Kier alpha value is -1.30. The number of morpholine rings is 1. The van der Waals surface area contributed by atoms with E-state index in [0.29, 0.717) is 11.4 Å². The minimum Gasteiger partial charge on any atom is -0.506 e. The van der Waals surface area contributed by atoms with E-state index in [-0.39, 0.29) is 17.7 Å². The number of halogens is 1. The van der Waals surface area contributed by atoms with Crippen molar-refractivity contribution in [3.8, 4) is 5.75 Å². The highest BCUT2D eigenvalue weighted by Gasteiger charge is 2.28. The van der Waals surface area contributed by atoms with E-state index >= 15 is 0 Å². The molecule has 0 saturated carbocycles. The summed E-state index contributed by atoms with van der Waals surface area (Å²) in [5.74, 6) is 0.200. The molecule has 0 aliphatic carbocycles. The average molecular weight is 353 g/mol. The van der Waals surface area contributed by atoms with Crippen molar-refractivity contribution < 1.29 is 14.6 Å². The monoisotopic (exact) mass is 352 g/mol. The average Bonchev–Trinajstić information content (AvgIpc) is 2.59. The summed E-state index contributed by atoms with van der Waals surface area (Å²) in [6.07, 6.45) is 3.66. The highest BCUT2D eigenvalue weighted by atomic mass is 35.5. The van der Waals surface area contributed by atoms with Crippen molar-refractivity contribution in [2.24, 2.45) is 0 Å². The van der Waals surface area contributed by atoms with Gasteiger partial charge < -0.3 is 14.7 Å². The molecule has 1 aromatic rings. The SMILES string of the molecule is O=C(Cc1ccc(O)c(Cl)c1)N1CCCC[C@@H]1CN1CCOCC1. The third-order valence-electron chi connectivity index (χ3n) is 4.89. The molecule has 2 saturated heterocycles. The van der Waals surface area contributed by atoms with Crippen LogP contribution in [0.15, 0.2) is 18.2 Å². The van der Waals surface area contributed by atoms with Crippen molar-refractivity contribution in [2.45, 2.75) is 31.7 Å². The predicted octanol–water partition coefficient (Wildman–Crippen LogP) is 2.30. The molecular weight excluding hydrogens is 328 g/mol. The molecule has 0 spiro atoms. The van der Waals surface area contributed by atoms with Crippen LogP contribution in [0.4, 0.5) is 0 Å². The Balaban J connectivity index is 1.62. The summed E-state index contributed by atoms with van der Waals surface area (Å²) in [6.45, 7) is 5.24. The van der Waals surface area contributed by atoms with Gasteiger partial charge in [0.15, 0.2) is 0 Å². The van der Waals surface area contributed by atoms with E-state index < -0.39 is 0 Å². The molecule has 1 atom stereocenters. The molecule has 0 aromatic heterocycles. The molecule has 2 heterocycles. The van der Waals surface area contributed by atoms with Crippen LogP contribution in [0.5, 0.6) is 5.75 Å². The zero-order valence-electron chi connectivity index (χ0n) is 13.9. The number of piperidine rings is 1. The molecule has 2 fully saturated rings. The Morgan fingerprint density at radius 3 is 2.79 bits per heavy atom. The number of ether oxygens (including phenoxy) is 1. The van der Waals surface area contributed by atoms with Crippen LogP contribution in [-0.4, -0.2) is 66.2 Å². The van der Waals surface area contributed by atoms with E-state index in [0.717, 1.165) is 57.8 Å². The number of phenolic OH excluding ortho intramolecular Hbond substituents is 1. The van der Waals surface area contributed by atoms with Crippen molar-refractivity contribution in [3.63, 3.8) is 0 Å². The van der Waals surface area contributed by atoms with Crippen molar-refractivity contribution in [3.05, 3.63) is 28.8 Å². The van der Waals surface area contributed by atoms with Crippen LogP contribution in [-0.2, 0) is 16.0 Å². The molecule has 0 bridgehead atoms. The lowest BCUT2D eigenvalue weighted by molar-refractivity contribution is -0.134. The van der Waals surface area contributed by atoms with E-state index in [1.54, 1.807) is 18.2 Å². The van der Waals surface area contributed by atoms with Gasteiger partial charge in [-0.15, -0.1) is 0 Å². The van der Waals surface area contributed by atoms with E-state index in [9.17, 15) is 9.90 Å². The van der Waals surface area contributed by atoms with Gasteiger partial charge in [-0.2, -0.15) is 0 Å².